The van der Waals surface area contributed by atoms with E-state index in [1.54, 1.807) is 24.4 Å². The van der Waals surface area contributed by atoms with Gasteiger partial charge in [0.05, 0.1) is 17.3 Å². The van der Waals surface area contributed by atoms with Gasteiger partial charge in [-0.2, -0.15) is 30.2 Å². The summed E-state index contributed by atoms with van der Waals surface area (Å²) in [6.45, 7) is 0.443. The van der Waals surface area contributed by atoms with Crippen LogP contribution >= 0.6 is 0 Å². The molecule has 5 nitrogen and oxygen atoms in total. The second-order valence-electron chi connectivity index (χ2n) is 7.03. The van der Waals surface area contributed by atoms with Crippen molar-refractivity contribution in [3.05, 3.63) is 65.0 Å². The quantitative estimate of drug-likeness (QED) is 0.752. The van der Waals surface area contributed by atoms with E-state index in [1.807, 2.05) is 0 Å². The van der Waals surface area contributed by atoms with Crippen molar-refractivity contribution in [2.75, 3.05) is 20.6 Å². The van der Waals surface area contributed by atoms with Crippen molar-refractivity contribution in [2.24, 2.45) is 0 Å². The van der Waals surface area contributed by atoms with Gasteiger partial charge in [0.2, 0.25) is 0 Å². The molecule has 1 fully saturated rings. The monoisotopic (exact) mass is 413 g/mol. The molecule has 1 aliphatic rings. The minimum atomic E-state index is -4.37. The molecule has 0 spiro atoms. The van der Waals surface area contributed by atoms with Crippen molar-refractivity contribution in [3.8, 4) is 0 Å². The maximum atomic E-state index is 12.9. The summed E-state index contributed by atoms with van der Waals surface area (Å²) in [5, 5.41) is 0. The Labute approximate surface area is 163 Å². The second kappa shape index (κ2) is 7.81. The van der Waals surface area contributed by atoms with Crippen LogP contribution in [0.15, 0.2) is 42.6 Å². The van der Waals surface area contributed by atoms with E-state index in [-0.39, 0.29) is 6.04 Å². The number of rotatable bonds is 5. The third-order valence-electron chi connectivity index (χ3n) is 4.81. The highest BCUT2D eigenvalue weighted by atomic mass is 32.2. The first-order valence-corrected chi connectivity index (χ1v) is 10.3. The maximum Gasteiger partial charge on any atom is 0.416 e. The van der Waals surface area contributed by atoms with Crippen LogP contribution in [0.2, 0.25) is 0 Å². The third-order valence-corrected chi connectivity index (χ3v) is 6.77. The first kappa shape index (κ1) is 20.8. The molecule has 152 valence electrons. The summed E-state index contributed by atoms with van der Waals surface area (Å²) < 4.78 is 66.1. The molecule has 0 amide bonds. The molecule has 0 bridgehead atoms. The first-order chi connectivity index (χ1) is 13.1. The van der Waals surface area contributed by atoms with Gasteiger partial charge in [-0.25, -0.2) is 0 Å². The van der Waals surface area contributed by atoms with Crippen LogP contribution in [-0.4, -0.2) is 42.7 Å². The topological polar surface area (TPSA) is 53.5 Å². The van der Waals surface area contributed by atoms with Gasteiger partial charge in [0, 0.05) is 26.8 Å². The number of aromatic nitrogens is 1. The van der Waals surface area contributed by atoms with Crippen LogP contribution in [0.1, 0.15) is 41.3 Å². The van der Waals surface area contributed by atoms with E-state index in [4.69, 9.17) is 0 Å². The van der Waals surface area contributed by atoms with Gasteiger partial charge in [-0.1, -0.05) is 24.3 Å². The number of halogens is 3. The van der Waals surface area contributed by atoms with Crippen molar-refractivity contribution in [2.45, 2.75) is 31.5 Å². The summed E-state index contributed by atoms with van der Waals surface area (Å²) in [4.78, 5) is 4.40. The molecule has 0 radical (unpaired) electrons. The van der Waals surface area contributed by atoms with Crippen molar-refractivity contribution in [1.29, 1.82) is 0 Å². The maximum absolute atomic E-state index is 12.9. The smallest absolute Gasteiger partial charge is 0.259 e. The fourth-order valence-electron chi connectivity index (χ4n) is 3.35. The van der Waals surface area contributed by atoms with Crippen LogP contribution in [0.4, 0.5) is 13.2 Å². The Kier molecular flexibility index (Phi) is 5.79. The van der Waals surface area contributed by atoms with Gasteiger partial charge in [0.25, 0.3) is 10.2 Å². The summed E-state index contributed by atoms with van der Waals surface area (Å²) >= 11 is 0. The van der Waals surface area contributed by atoms with Gasteiger partial charge in [-0.05, 0) is 42.5 Å². The third kappa shape index (κ3) is 4.37. The Hall–Kier alpha value is -1.97. The fourth-order valence-corrected chi connectivity index (χ4v) is 4.67. The van der Waals surface area contributed by atoms with E-state index in [2.05, 4.69) is 4.98 Å². The molecule has 9 heteroatoms. The van der Waals surface area contributed by atoms with Gasteiger partial charge in [-0.3, -0.25) is 4.98 Å². The first-order valence-electron chi connectivity index (χ1n) is 8.89. The van der Waals surface area contributed by atoms with Crippen LogP contribution < -0.4 is 0 Å². The average molecular weight is 413 g/mol. The Morgan fingerprint density at radius 1 is 1.18 bits per heavy atom. The molecule has 3 rings (SSSR count). The Morgan fingerprint density at radius 2 is 1.93 bits per heavy atom. The van der Waals surface area contributed by atoms with Gasteiger partial charge in [-0.15, -0.1) is 0 Å². The summed E-state index contributed by atoms with van der Waals surface area (Å²) in [6.07, 6.45) is -1.00. The van der Waals surface area contributed by atoms with Crippen LogP contribution in [-0.2, 0) is 22.8 Å². The summed E-state index contributed by atoms with van der Waals surface area (Å²) in [5.41, 5.74) is 1.28. The Balaban J connectivity index is 1.77. The van der Waals surface area contributed by atoms with E-state index in [9.17, 15) is 21.6 Å². The van der Waals surface area contributed by atoms with E-state index in [0.29, 0.717) is 30.6 Å². The van der Waals surface area contributed by atoms with Crippen LogP contribution in [0.3, 0.4) is 0 Å². The zero-order chi connectivity index (χ0) is 20.5. The second-order valence-corrected chi connectivity index (χ2v) is 9.12. The summed E-state index contributed by atoms with van der Waals surface area (Å²) in [5.74, 6) is 0. The molecule has 0 saturated carbocycles. The fraction of sp³-hybridized carbons (Fsp3) is 0.421. The lowest BCUT2D eigenvalue weighted by molar-refractivity contribution is -0.137. The van der Waals surface area contributed by atoms with Crippen LogP contribution in [0.5, 0.6) is 0 Å². The van der Waals surface area contributed by atoms with Crippen molar-refractivity contribution in [3.63, 3.8) is 0 Å². The minimum absolute atomic E-state index is 0.321. The molecule has 0 unspecified atom stereocenters. The minimum Gasteiger partial charge on any atom is -0.259 e. The van der Waals surface area contributed by atoms with E-state index < -0.39 is 21.9 Å². The Morgan fingerprint density at radius 3 is 2.54 bits per heavy atom. The molecule has 28 heavy (non-hydrogen) atoms. The number of hydrogen-bond donors (Lipinski definition) is 0. The molecule has 2 heterocycles. The summed E-state index contributed by atoms with van der Waals surface area (Å²) in [7, 11) is -0.539. The van der Waals surface area contributed by atoms with Crippen molar-refractivity contribution < 1.29 is 21.6 Å². The van der Waals surface area contributed by atoms with Crippen LogP contribution in [0.25, 0.3) is 0 Å². The SMILES string of the molecule is CN(C)S(=O)(=O)N1CCC[C@H]1c1ccc(Cc2cccc(C(F)(F)F)c2)cn1. The number of nitrogens with zero attached hydrogens (tertiary/aromatic N) is 3. The molecular formula is C19H22F3N3O2S. The molecule has 1 aromatic heterocycles. The molecule has 1 atom stereocenters. The van der Waals surface area contributed by atoms with Crippen LogP contribution in [0, 0.1) is 0 Å². The van der Waals surface area contributed by atoms with Crippen molar-refractivity contribution in [1.82, 2.24) is 13.6 Å². The highest BCUT2D eigenvalue weighted by Gasteiger charge is 2.37. The summed E-state index contributed by atoms with van der Waals surface area (Å²) in [6, 6.07) is 8.45. The standard InChI is InChI=1S/C19H22F3N3O2S/c1-24(2)28(26,27)25-10-4-7-18(25)17-9-8-15(13-23-17)11-14-5-3-6-16(12-14)19(20,21)22/h3,5-6,8-9,12-13,18H,4,7,10-11H2,1-2H3/t18-/m0/s1. The average Bonchev–Trinajstić information content (AvgIpc) is 3.12. The van der Waals surface area contributed by atoms with Gasteiger partial charge in [0.1, 0.15) is 0 Å². The normalized spacial score (nSPS) is 18.7. The number of pyridine rings is 1. The molecule has 1 saturated heterocycles. The molecule has 1 aliphatic heterocycles. The highest BCUT2D eigenvalue weighted by Crippen LogP contribution is 2.34. The predicted molar refractivity (Wildman–Crippen MR) is 99.8 cm³/mol. The van der Waals surface area contributed by atoms with E-state index >= 15 is 0 Å². The van der Waals surface area contributed by atoms with Gasteiger partial charge >= 0.3 is 6.18 Å². The largest absolute Gasteiger partial charge is 0.416 e. The zero-order valence-electron chi connectivity index (χ0n) is 15.6. The lowest BCUT2D eigenvalue weighted by Crippen LogP contribution is -2.39. The number of hydrogen-bond acceptors (Lipinski definition) is 3. The lowest BCUT2D eigenvalue weighted by Gasteiger charge is -2.26. The van der Waals surface area contributed by atoms with Gasteiger partial charge < -0.3 is 0 Å². The lowest BCUT2D eigenvalue weighted by atomic mass is 10.0. The highest BCUT2D eigenvalue weighted by molar-refractivity contribution is 7.86. The molecule has 1 aromatic carbocycles. The molecule has 2 aromatic rings. The molecule has 0 aliphatic carbocycles. The molecular weight excluding hydrogens is 391 g/mol. The van der Waals surface area contributed by atoms with Gasteiger partial charge in [0.15, 0.2) is 0 Å². The van der Waals surface area contributed by atoms with Crippen molar-refractivity contribution >= 4 is 10.2 Å². The van der Waals surface area contributed by atoms with E-state index in [0.717, 1.165) is 24.1 Å². The number of benzene rings is 1. The molecule has 0 N–H and O–H groups in total. The Bertz CT molecular complexity index is 928. The number of alkyl halides is 3. The zero-order valence-corrected chi connectivity index (χ0v) is 16.5. The van der Waals surface area contributed by atoms with E-state index in [1.165, 1.54) is 28.8 Å². The predicted octanol–water partition coefficient (Wildman–Crippen LogP) is 3.63.